The fourth-order valence-electron chi connectivity index (χ4n) is 1.25. The predicted molar refractivity (Wildman–Crippen MR) is 45.2 cm³/mol. The molecule has 1 heterocycles. The van der Waals surface area contributed by atoms with Crippen molar-refractivity contribution in [3.05, 3.63) is 41.8 Å². The van der Waals surface area contributed by atoms with Crippen molar-refractivity contribution in [3.8, 4) is 0 Å². The number of aromatic amines is 1. The smallest absolute Gasteiger partial charge is 0.209 e. The lowest BCUT2D eigenvalue weighted by Gasteiger charge is -1.91. The first-order valence-corrected chi connectivity index (χ1v) is 3.84. The third kappa shape index (κ3) is 1.16. The van der Waals surface area contributed by atoms with Crippen LogP contribution in [0.25, 0.3) is 10.9 Å². The minimum Gasteiger partial charge on any atom is -0.209 e. The Kier molecular flexibility index (Phi) is 1.54. The van der Waals surface area contributed by atoms with Crippen molar-refractivity contribution in [1.82, 2.24) is 0 Å². The van der Waals surface area contributed by atoms with Crippen LogP contribution in [0.4, 0.5) is 4.39 Å². The SMILES string of the molecule is Cc1ccc2cc(F)ccc2[nH+]1. The minimum absolute atomic E-state index is 0.195. The second-order valence-electron chi connectivity index (χ2n) is 2.87. The number of rotatable bonds is 0. The van der Waals surface area contributed by atoms with Crippen molar-refractivity contribution in [1.29, 1.82) is 0 Å². The summed E-state index contributed by atoms with van der Waals surface area (Å²) in [6, 6.07) is 8.56. The number of halogens is 1. The van der Waals surface area contributed by atoms with E-state index >= 15 is 0 Å². The number of H-pyrrole nitrogens is 1. The number of pyridine rings is 1. The Morgan fingerprint density at radius 2 is 2.00 bits per heavy atom. The van der Waals surface area contributed by atoms with Crippen LogP contribution in [0, 0.1) is 12.7 Å². The highest BCUT2D eigenvalue weighted by molar-refractivity contribution is 5.75. The molecule has 1 aromatic heterocycles. The minimum atomic E-state index is -0.195. The quantitative estimate of drug-likeness (QED) is 0.563. The van der Waals surface area contributed by atoms with Gasteiger partial charge in [-0.3, -0.25) is 0 Å². The largest absolute Gasteiger partial charge is 0.211 e. The van der Waals surface area contributed by atoms with Crippen molar-refractivity contribution in [2.24, 2.45) is 0 Å². The number of aromatic nitrogens is 1. The highest BCUT2D eigenvalue weighted by Gasteiger charge is 2.01. The van der Waals surface area contributed by atoms with Gasteiger partial charge in [0, 0.05) is 24.4 Å². The zero-order valence-corrected chi connectivity index (χ0v) is 6.76. The third-order valence-electron chi connectivity index (χ3n) is 1.86. The van der Waals surface area contributed by atoms with E-state index in [-0.39, 0.29) is 5.82 Å². The third-order valence-corrected chi connectivity index (χ3v) is 1.86. The summed E-state index contributed by atoms with van der Waals surface area (Å²) in [5.74, 6) is -0.195. The Labute approximate surface area is 69.9 Å². The summed E-state index contributed by atoms with van der Waals surface area (Å²) in [6.07, 6.45) is 0. The molecule has 0 radical (unpaired) electrons. The van der Waals surface area contributed by atoms with Gasteiger partial charge in [-0.1, -0.05) is 0 Å². The van der Waals surface area contributed by atoms with Gasteiger partial charge in [-0.25, -0.2) is 9.37 Å². The second kappa shape index (κ2) is 2.55. The van der Waals surface area contributed by atoms with Gasteiger partial charge in [0.05, 0.1) is 0 Å². The molecule has 0 unspecified atom stereocenters. The zero-order valence-electron chi connectivity index (χ0n) is 6.76. The highest BCUT2D eigenvalue weighted by atomic mass is 19.1. The summed E-state index contributed by atoms with van der Waals surface area (Å²) in [4.78, 5) is 3.15. The van der Waals surface area contributed by atoms with Crippen molar-refractivity contribution in [3.63, 3.8) is 0 Å². The van der Waals surface area contributed by atoms with Gasteiger partial charge in [0.25, 0.3) is 0 Å². The van der Waals surface area contributed by atoms with Gasteiger partial charge >= 0.3 is 0 Å². The van der Waals surface area contributed by atoms with Crippen LogP contribution < -0.4 is 4.98 Å². The van der Waals surface area contributed by atoms with E-state index in [2.05, 4.69) is 4.98 Å². The molecule has 1 aromatic carbocycles. The summed E-state index contributed by atoms with van der Waals surface area (Å²) in [5, 5.41) is 0.903. The number of fused-ring (bicyclic) bond motifs is 1. The number of aryl methyl sites for hydroxylation is 1. The van der Waals surface area contributed by atoms with E-state index in [0.29, 0.717) is 0 Å². The molecule has 12 heavy (non-hydrogen) atoms. The van der Waals surface area contributed by atoms with Gasteiger partial charge in [0.1, 0.15) is 5.82 Å². The van der Waals surface area contributed by atoms with Gasteiger partial charge in [-0.05, 0) is 18.2 Å². The molecule has 0 aliphatic carbocycles. The van der Waals surface area contributed by atoms with Crippen molar-refractivity contribution < 1.29 is 9.37 Å². The number of hydrogen-bond acceptors (Lipinski definition) is 0. The van der Waals surface area contributed by atoms with Crippen molar-refractivity contribution in [2.45, 2.75) is 6.92 Å². The van der Waals surface area contributed by atoms with E-state index < -0.39 is 0 Å². The highest BCUT2D eigenvalue weighted by Crippen LogP contribution is 2.10. The lowest BCUT2D eigenvalue weighted by molar-refractivity contribution is -0.354. The first kappa shape index (κ1) is 7.22. The molecule has 0 aliphatic rings. The number of hydrogen-bond donors (Lipinski definition) is 0. The second-order valence-corrected chi connectivity index (χ2v) is 2.87. The van der Waals surface area contributed by atoms with Gasteiger partial charge in [0.15, 0.2) is 5.69 Å². The molecule has 2 heteroatoms. The van der Waals surface area contributed by atoms with Crippen LogP contribution in [0.5, 0.6) is 0 Å². The Morgan fingerprint density at radius 1 is 1.17 bits per heavy atom. The fraction of sp³-hybridized carbons (Fsp3) is 0.100. The lowest BCUT2D eigenvalue weighted by atomic mass is 10.2. The lowest BCUT2D eigenvalue weighted by Crippen LogP contribution is -2.07. The van der Waals surface area contributed by atoms with E-state index in [1.54, 1.807) is 6.07 Å². The number of benzene rings is 1. The van der Waals surface area contributed by atoms with Crippen LogP contribution in [0.1, 0.15) is 5.69 Å². The molecule has 0 bridgehead atoms. The van der Waals surface area contributed by atoms with E-state index in [4.69, 9.17) is 0 Å². The molecule has 0 atom stereocenters. The Hall–Kier alpha value is -1.44. The first-order chi connectivity index (χ1) is 5.75. The summed E-state index contributed by atoms with van der Waals surface area (Å²) in [6.45, 7) is 1.97. The molecule has 0 fully saturated rings. The van der Waals surface area contributed by atoms with E-state index in [9.17, 15) is 4.39 Å². The average Bonchev–Trinajstić information content (AvgIpc) is 2.05. The average molecular weight is 162 g/mol. The maximum absolute atomic E-state index is 12.7. The topological polar surface area (TPSA) is 14.1 Å². The van der Waals surface area contributed by atoms with Gasteiger partial charge in [0.2, 0.25) is 5.52 Å². The molecule has 60 valence electrons. The van der Waals surface area contributed by atoms with E-state index in [1.165, 1.54) is 12.1 Å². The maximum Gasteiger partial charge on any atom is 0.211 e. The fourth-order valence-corrected chi connectivity index (χ4v) is 1.25. The normalized spacial score (nSPS) is 10.5. The Balaban J connectivity index is 2.79. The van der Waals surface area contributed by atoms with Crippen LogP contribution in [0.3, 0.4) is 0 Å². The van der Waals surface area contributed by atoms with E-state index in [1.807, 2.05) is 19.1 Å². The first-order valence-electron chi connectivity index (χ1n) is 3.84. The van der Waals surface area contributed by atoms with Gasteiger partial charge in [-0.2, -0.15) is 0 Å². The molecular formula is C10H9FN+. The Bertz CT molecular complexity index is 382. The number of nitrogens with one attached hydrogen (secondary N) is 1. The maximum atomic E-state index is 12.7. The molecule has 0 saturated heterocycles. The van der Waals surface area contributed by atoms with Crippen LogP contribution in [0.15, 0.2) is 30.3 Å². The summed E-state index contributed by atoms with van der Waals surface area (Å²) in [5.41, 5.74) is 2.05. The molecule has 1 N–H and O–H groups in total. The summed E-state index contributed by atoms with van der Waals surface area (Å²) in [7, 11) is 0. The van der Waals surface area contributed by atoms with Crippen LogP contribution in [-0.2, 0) is 0 Å². The zero-order chi connectivity index (χ0) is 8.55. The Morgan fingerprint density at radius 3 is 2.83 bits per heavy atom. The molecule has 0 saturated carbocycles. The molecule has 0 spiro atoms. The standard InChI is InChI=1S/C10H8FN/c1-7-2-3-8-6-9(11)4-5-10(8)12-7/h2-6H,1H3/p+1. The molecule has 0 amide bonds. The van der Waals surface area contributed by atoms with Crippen LogP contribution in [0.2, 0.25) is 0 Å². The molecule has 1 nitrogen and oxygen atoms in total. The molecule has 2 rings (SSSR count). The van der Waals surface area contributed by atoms with Crippen LogP contribution >= 0.6 is 0 Å². The van der Waals surface area contributed by atoms with Gasteiger partial charge in [-0.15, -0.1) is 0 Å². The molecule has 2 aromatic rings. The van der Waals surface area contributed by atoms with E-state index in [0.717, 1.165) is 16.6 Å². The van der Waals surface area contributed by atoms with Crippen molar-refractivity contribution >= 4 is 10.9 Å². The van der Waals surface area contributed by atoms with Gasteiger partial charge < -0.3 is 0 Å². The van der Waals surface area contributed by atoms with Crippen molar-refractivity contribution in [2.75, 3.05) is 0 Å². The summed E-state index contributed by atoms with van der Waals surface area (Å²) < 4.78 is 12.7. The van der Waals surface area contributed by atoms with Crippen LogP contribution in [-0.4, -0.2) is 0 Å². The predicted octanol–water partition coefficient (Wildman–Crippen LogP) is 2.10. The molecular weight excluding hydrogens is 153 g/mol. The molecule has 0 aliphatic heterocycles. The summed E-state index contributed by atoms with van der Waals surface area (Å²) >= 11 is 0. The monoisotopic (exact) mass is 162 g/mol.